The summed E-state index contributed by atoms with van der Waals surface area (Å²) in [7, 11) is 0. The number of hydrogen-bond donors (Lipinski definition) is 3. The molecule has 0 radical (unpaired) electrons. The SMILES string of the molecule is Cc1cccc(C)c1NC(=O)C1CCCCC1N/C=C/CN1CCCCC1C(=O)Nc1c(C)cccc1C. The molecule has 6 nitrogen and oxygen atoms in total. The number of likely N-dealkylation sites (tertiary alicyclic amines) is 1. The number of piperidine rings is 1. The molecule has 1 aliphatic heterocycles. The van der Waals surface area contributed by atoms with Crippen molar-refractivity contribution in [2.75, 3.05) is 23.7 Å². The molecular formula is C32H44N4O2. The largest absolute Gasteiger partial charge is 0.388 e. The predicted octanol–water partition coefficient (Wildman–Crippen LogP) is 6.01. The van der Waals surface area contributed by atoms with Gasteiger partial charge < -0.3 is 16.0 Å². The van der Waals surface area contributed by atoms with Gasteiger partial charge in [-0.2, -0.15) is 0 Å². The number of amides is 2. The van der Waals surface area contributed by atoms with Crippen LogP contribution in [-0.4, -0.2) is 41.9 Å². The van der Waals surface area contributed by atoms with Crippen LogP contribution in [0.5, 0.6) is 0 Å². The number of hydrogen-bond acceptors (Lipinski definition) is 4. The van der Waals surface area contributed by atoms with Crippen molar-refractivity contribution in [2.24, 2.45) is 5.92 Å². The number of para-hydroxylation sites is 2. The summed E-state index contributed by atoms with van der Waals surface area (Å²) >= 11 is 0. The number of benzene rings is 2. The van der Waals surface area contributed by atoms with E-state index in [4.69, 9.17) is 0 Å². The van der Waals surface area contributed by atoms with Crippen molar-refractivity contribution >= 4 is 23.2 Å². The Morgan fingerprint density at radius 3 is 1.97 bits per heavy atom. The molecule has 2 aromatic carbocycles. The van der Waals surface area contributed by atoms with Crippen molar-refractivity contribution in [3.63, 3.8) is 0 Å². The topological polar surface area (TPSA) is 73.5 Å². The Morgan fingerprint density at radius 2 is 1.34 bits per heavy atom. The molecule has 0 bridgehead atoms. The summed E-state index contributed by atoms with van der Waals surface area (Å²) in [6.07, 6.45) is 11.3. The second-order valence-corrected chi connectivity index (χ2v) is 11.1. The summed E-state index contributed by atoms with van der Waals surface area (Å²) < 4.78 is 0. The summed E-state index contributed by atoms with van der Waals surface area (Å²) in [6, 6.07) is 12.2. The molecule has 6 heteroatoms. The van der Waals surface area contributed by atoms with E-state index in [0.29, 0.717) is 6.54 Å². The lowest BCUT2D eigenvalue weighted by Gasteiger charge is -2.34. The van der Waals surface area contributed by atoms with Gasteiger partial charge in [0, 0.05) is 24.0 Å². The van der Waals surface area contributed by atoms with Gasteiger partial charge in [-0.25, -0.2) is 0 Å². The van der Waals surface area contributed by atoms with Gasteiger partial charge >= 0.3 is 0 Å². The van der Waals surface area contributed by atoms with Gasteiger partial charge in [-0.1, -0.05) is 61.7 Å². The van der Waals surface area contributed by atoms with E-state index in [1.54, 1.807) is 0 Å². The number of carbonyl (C=O) groups is 2. The summed E-state index contributed by atoms with van der Waals surface area (Å²) in [5.41, 5.74) is 6.24. The van der Waals surface area contributed by atoms with Crippen LogP contribution in [-0.2, 0) is 9.59 Å². The summed E-state index contributed by atoms with van der Waals surface area (Å²) in [6.45, 7) is 9.78. The Hall–Kier alpha value is -3.12. The first-order valence-electron chi connectivity index (χ1n) is 14.2. The molecule has 204 valence electrons. The van der Waals surface area contributed by atoms with Crippen LogP contribution in [0.3, 0.4) is 0 Å². The maximum atomic E-state index is 13.3. The van der Waals surface area contributed by atoms with Gasteiger partial charge in [-0.15, -0.1) is 0 Å². The van der Waals surface area contributed by atoms with E-state index in [2.05, 4.69) is 26.9 Å². The van der Waals surface area contributed by atoms with Crippen LogP contribution in [0.4, 0.5) is 11.4 Å². The molecular weight excluding hydrogens is 472 g/mol. The highest BCUT2D eigenvalue weighted by molar-refractivity contribution is 5.96. The molecule has 1 heterocycles. The third-order valence-corrected chi connectivity index (χ3v) is 8.25. The van der Waals surface area contributed by atoms with Gasteiger partial charge in [0.15, 0.2) is 0 Å². The maximum absolute atomic E-state index is 13.3. The average molecular weight is 517 g/mol. The average Bonchev–Trinajstić information content (AvgIpc) is 2.91. The first-order valence-corrected chi connectivity index (χ1v) is 14.2. The minimum atomic E-state index is -0.127. The van der Waals surface area contributed by atoms with Crippen molar-refractivity contribution in [3.05, 3.63) is 70.9 Å². The van der Waals surface area contributed by atoms with E-state index < -0.39 is 0 Å². The van der Waals surface area contributed by atoms with Crippen LogP contribution in [0, 0.1) is 33.6 Å². The fourth-order valence-corrected chi connectivity index (χ4v) is 5.98. The Kier molecular flexibility index (Phi) is 9.62. The zero-order chi connectivity index (χ0) is 27.1. The van der Waals surface area contributed by atoms with E-state index in [1.807, 2.05) is 70.3 Å². The second kappa shape index (κ2) is 13.1. The molecule has 0 spiro atoms. The van der Waals surface area contributed by atoms with Crippen LogP contribution in [0.1, 0.15) is 67.2 Å². The Balaban J connectivity index is 1.34. The zero-order valence-electron chi connectivity index (χ0n) is 23.5. The minimum Gasteiger partial charge on any atom is -0.388 e. The number of aryl methyl sites for hydroxylation is 4. The highest BCUT2D eigenvalue weighted by Crippen LogP contribution is 2.28. The lowest BCUT2D eigenvalue weighted by Crippen LogP contribution is -2.47. The number of carbonyl (C=O) groups excluding carboxylic acids is 2. The first-order chi connectivity index (χ1) is 18.3. The van der Waals surface area contributed by atoms with Crippen LogP contribution in [0.25, 0.3) is 0 Å². The minimum absolute atomic E-state index is 0.0572. The molecule has 2 fully saturated rings. The number of anilines is 2. The number of rotatable bonds is 8. The van der Waals surface area contributed by atoms with E-state index in [1.165, 1.54) is 0 Å². The van der Waals surface area contributed by atoms with Crippen molar-refractivity contribution in [3.8, 4) is 0 Å². The van der Waals surface area contributed by atoms with Crippen LogP contribution in [0.2, 0.25) is 0 Å². The number of nitrogens with one attached hydrogen (secondary N) is 3. The lowest BCUT2D eigenvalue weighted by atomic mass is 9.83. The lowest BCUT2D eigenvalue weighted by molar-refractivity contribution is -0.122. The summed E-state index contributed by atoms with van der Waals surface area (Å²) in [4.78, 5) is 28.8. The van der Waals surface area contributed by atoms with Crippen LogP contribution < -0.4 is 16.0 Å². The summed E-state index contributed by atoms with van der Waals surface area (Å²) in [5, 5.41) is 9.95. The molecule has 3 unspecified atom stereocenters. The van der Waals surface area contributed by atoms with Crippen molar-refractivity contribution in [1.29, 1.82) is 0 Å². The molecule has 2 amide bonds. The molecule has 3 N–H and O–H groups in total. The van der Waals surface area contributed by atoms with Gasteiger partial charge in [-0.05, 0) is 88.4 Å². The molecule has 4 rings (SSSR count). The van der Waals surface area contributed by atoms with Gasteiger partial charge in [0.25, 0.3) is 0 Å². The Labute approximate surface area is 228 Å². The molecule has 1 saturated heterocycles. The van der Waals surface area contributed by atoms with E-state index in [-0.39, 0.29) is 29.8 Å². The highest BCUT2D eigenvalue weighted by Gasteiger charge is 2.31. The predicted molar refractivity (Wildman–Crippen MR) is 156 cm³/mol. The molecule has 2 aliphatic rings. The van der Waals surface area contributed by atoms with Crippen molar-refractivity contribution in [1.82, 2.24) is 10.2 Å². The van der Waals surface area contributed by atoms with E-state index in [9.17, 15) is 9.59 Å². The first kappa shape index (κ1) is 27.9. The van der Waals surface area contributed by atoms with Gasteiger partial charge in [0.05, 0.1) is 12.0 Å². The van der Waals surface area contributed by atoms with Gasteiger partial charge in [0.2, 0.25) is 11.8 Å². The third kappa shape index (κ3) is 6.84. The fraction of sp³-hybridized carbons (Fsp3) is 0.500. The fourth-order valence-electron chi connectivity index (χ4n) is 5.98. The van der Waals surface area contributed by atoms with Crippen molar-refractivity contribution in [2.45, 2.75) is 84.7 Å². The van der Waals surface area contributed by atoms with Crippen LogP contribution in [0.15, 0.2) is 48.7 Å². The maximum Gasteiger partial charge on any atom is 0.241 e. The van der Waals surface area contributed by atoms with E-state index in [0.717, 1.165) is 85.1 Å². The van der Waals surface area contributed by atoms with Crippen LogP contribution >= 0.6 is 0 Å². The van der Waals surface area contributed by atoms with Crippen molar-refractivity contribution < 1.29 is 9.59 Å². The quantitative estimate of drug-likeness (QED) is 0.402. The molecule has 0 aromatic heterocycles. The monoisotopic (exact) mass is 516 g/mol. The third-order valence-electron chi connectivity index (χ3n) is 8.25. The Bertz CT molecular complexity index is 1030. The standard InChI is InChI=1S/C32H44N4O2/c1-22-12-9-13-23(2)29(22)34-31(37)26-16-5-6-17-27(26)33-19-11-21-36-20-8-7-18-28(36)32(38)35-30-24(3)14-10-15-25(30)4/h9-15,19,26-28,33H,5-8,16-18,20-21H2,1-4H3,(H,34,37)(H,35,38)/b19-11+. The zero-order valence-corrected chi connectivity index (χ0v) is 23.5. The Morgan fingerprint density at radius 1 is 0.789 bits per heavy atom. The normalized spacial score (nSPS) is 22.3. The molecule has 3 atom stereocenters. The van der Waals surface area contributed by atoms with E-state index >= 15 is 0 Å². The molecule has 38 heavy (non-hydrogen) atoms. The highest BCUT2D eigenvalue weighted by atomic mass is 16.2. The molecule has 2 aromatic rings. The smallest absolute Gasteiger partial charge is 0.241 e. The summed E-state index contributed by atoms with van der Waals surface area (Å²) in [5.74, 6) is 0.129. The molecule has 1 saturated carbocycles. The van der Waals surface area contributed by atoms with Gasteiger partial charge in [0.1, 0.15) is 0 Å². The molecule has 1 aliphatic carbocycles. The number of nitrogens with zero attached hydrogens (tertiary/aromatic N) is 1. The second-order valence-electron chi connectivity index (χ2n) is 11.1. The van der Waals surface area contributed by atoms with Gasteiger partial charge in [-0.3, -0.25) is 14.5 Å².